The van der Waals surface area contributed by atoms with Gasteiger partial charge in [0.25, 0.3) is 0 Å². The maximum atomic E-state index is 14.7. The number of nitrogens with zero attached hydrogens (tertiary/aromatic N) is 1. The highest BCUT2D eigenvalue weighted by Crippen LogP contribution is 2.41. The van der Waals surface area contributed by atoms with E-state index in [9.17, 15) is 27.2 Å². The molecule has 1 aromatic carbocycles. The number of benzene rings is 1. The van der Waals surface area contributed by atoms with Crippen LogP contribution in [0.3, 0.4) is 0 Å². The fourth-order valence-electron chi connectivity index (χ4n) is 3.14. The molecule has 0 saturated carbocycles. The largest absolute Gasteiger partial charge is 0.490 e. The molecule has 2 amide bonds. The Morgan fingerprint density at radius 3 is 2.47 bits per heavy atom. The molecular formula is C21H23F4N3O4. The second-order valence-corrected chi connectivity index (χ2v) is 7.45. The lowest BCUT2D eigenvalue weighted by atomic mass is 10.0. The Bertz CT molecular complexity index is 982. The molecule has 0 saturated heterocycles. The van der Waals surface area contributed by atoms with Gasteiger partial charge in [-0.15, -0.1) is 0 Å². The third-order valence-electron chi connectivity index (χ3n) is 4.38. The molecule has 7 nitrogen and oxygen atoms in total. The van der Waals surface area contributed by atoms with Crippen LogP contribution in [0.1, 0.15) is 32.8 Å². The van der Waals surface area contributed by atoms with Crippen LogP contribution in [0.4, 0.5) is 28.2 Å². The second-order valence-electron chi connectivity index (χ2n) is 7.45. The van der Waals surface area contributed by atoms with E-state index in [1.165, 1.54) is 25.3 Å². The van der Waals surface area contributed by atoms with Gasteiger partial charge in [0.15, 0.2) is 11.6 Å². The maximum Gasteiger partial charge on any atom is 0.420 e. The lowest BCUT2D eigenvalue weighted by Crippen LogP contribution is -2.33. The minimum atomic E-state index is -4.89. The molecule has 0 aliphatic carbocycles. The van der Waals surface area contributed by atoms with E-state index < -0.39 is 41.3 Å². The quantitative estimate of drug-likeness (QED) is 0.488. The van der Waals surface area contributed by atoms with Gasteiger partial charge in [0.2, 0.25) is 5.91 Å². The van der Waals surface area contributed by atoms with Crippen LogP contribution in [0.15, 0.2) is 30.5 Å². The summed E-state index contributed by atoms with van der Waals surface area (Å²) in [6.45, 7) is 4.26. The van der Waals surface area contributed by atoms with Gasteiger partial charge in [0.1, 0.15) is 11.4 Å². The van der Waals surface area contributed by atoms with Crippen molar-refractivity contribution in [2.75, 3.05) is 11.9 Å². The van der Waals surface area contributed by atoms with Crippen LogP contribution in [0, 0.1) is 11.7 Å². The highest BCUT2D eigenvalue weighted by Gasteiger charge is 2.37. The molecule has 0 spiro atoms. The third kappa shape index (κ3) is 7.10. The number of hydrogen-bond acceptors (Lipinski definition) is 4. The van der Waals surface area contributed by atoms with Gasteiger partial charge in [0, 0.05) is 19.2 Å². The third-order valence-corrected chi connectivity index (χ3v) is 4.38. The van der Waals surface area contributed by atoms with Gasteiger partial charge in [-0.1, -0.05) is 6.92 Å². The van der Waals surface area contributed by atoms with Gasteiger partial charge >= 0.3 is 12.3 Å². The first-order valence-electron chi connectivity index (χ1n) is 9.63. The zero-order chi connectivity index (χ0) is 24.1. The van der Waals surface area contributed by atoms with E-state index >= 15 is 0 Å². The number of anilines is 1. The molecule has 174 valence electrons. The number of ether oxygens (including phenoxy) is 1. The van der Waals surface area contributed by atoms with E-state index in [1.807, 2.05) is 0 Å². The van der Waals surface area contributed by atoms with Crippen molar-refractivity contribution < 1.29 is 37.0 Å². The molecule has 2 rings (SSSR count). The fraction of sp³-hybridized carbons (Fsp3) is 0.381. The Labute approximate surface area is 181 Å². The smallest absolute Gasteiger partial charge is 0.420 e. The van der Waals surface area contributed by atoms with Gasteiger partial charge in [-0.3, -0.25) is 4.79 Å². The van der Waals surface area contributed by atoms with Crippen molar-refractivity contribution in [2.24, 2.45) is 5.92 Å². The lowest BCUT2D eigenvalue weighted by molar-refractivity contribution is -0.139. The van der Waals surface area contributed by atoms with Gasteiger partial charge in [-0.25, -0.2) is 14.2 Å². The van der Waals surface area contributed by atoms with Crippen LogP contribution < -0.4 is 15.4 Å². The number of rotatable bonds is 8. The van der Waals surface area contributed by atoms with Crippen molar-refractivity contribution in [2.45, 2.75) is 39.4 Å². The Morgan fingerprint density at radius 2 is 1.88 bits per heavy atom. The molecule has 0 aliphatic heterocycles. The van der Waals surface area contributed by atoms with Gasteiger partial charge in [-0.05, 0) is 54.7 Å². The molecule has 0 bridgehead atoms. The Hall–Kier alpha value is -3.37. The number of carbonyl (C=O) groups is 2. The van der Waals surface area contributed by atoms with E-state index in [-0.39, 0.29) is 35.9 Å². The first-order valence-corrected chi connectivity index (χ1v) is 9.63. The van der Waals surface area contributed by atoms with Gasteiger partial charge in [0.05, 0.1) is 6.61 Å². The number of carboxylic acid groups (broad SMARTS) is 1. The van der Waals surface area contributed by atoms with Crippen molar-refractivity contribution >= 4 is 17.8 Å². The number of carbonyl (C=O) groups excluding carboxylic acids is 1. The van der Waals surface area contributed by atoms with Crippen molar-refractivity contribution in [1.29, 1.82) is 0 Å². The second kappa shape index (κ2) is 10.3. The highest BCUT2D eigenvalue weighted by atomic mass is 19.4. The molecular weight excluding hydrogens is 434 g/mol. The fourth-order valence-corrected chi connectivity index (χ4v) is 3.14. The summed E-state index contributed by atoms with van der Waals surface area (Å²) in [5.41, 5.74) is -1.13. The normalized spacial score (nSPS) is 13.2. The maximum absolute atomic E-state index is 14.7. The van der Waals surface area contributed by atoms with Crippen LogP contribution in [-0.2, 0) is 11.0 Å². The number of alkyl halides is 3. The van der Waals surface area contributed by atoms with Crippen molar-refractivity contribution in [1.82, 2.24) is 10.3 Å². The Kier molecular flexibility index (Phi) is 8.01. The molecule has 32 heavy (non-hydrogen) atoms. The molecule has 1 aromatic heterocycles. The van der Waals surface area contributed by atoms with Crippen molar-refractivity contribution in [3.8, 4) is 16.9 Å². The number of pyridine rings is 1. The van der Waals surface area contributed by atoms with E-state index in [4.69, 9.17) is 9.84 Å². The topological polar surface area (TPSA) is 101 Å². The summed E-state index contributed by atoms with van der Waals surface area (Å²) in [5.74, 6) is -2.78. The van der Waals surface area contributed by atoms with Crippen LogP contribution in [0.5, 0.6) is 5.75 Å². The van der Waals surface area contributed by atoms with Crippen LogP contribution >= 0.6 is 0 Å². The summed E-state index contributed by atoms with van der Waals surface area (Å²) >= 11 is 0. The molecule has 1 heterocycles. The Balaban J connectivity index is 2.30. The molecule has 3 N–H and O–H groups in total. The predicted octanol–water partition coefficient (Wildman–Crippen LogP) is 4.93. The van der Waals surface area contributed by atoms with Crippen molar-refractivity contribution in [3.63, 3.8) is 0 Å². The number of halogens is 4. The average molecular weight is 457 g/mol. The van der Waals surface area contributed by atoms with E-state index in [2.05, 4.69) is 15.6 Å². The zero-order valence-corrected chi connectivity index (χ0v) is 17.6. The summed E-state index contributed by atoms with van der Waals surface area (Å²) in [7, 11) is 0. The number of nitrogens with one attached hydrogen (secondary N) is 2. The predicted molar refractivity (Wildman–Crippen MR) is 109 cm³/mol. The van der Waals surface area contributed by atoms with Gasteiger partial charge in [-0.2, -0.15) is 13.2 Å². The number of aromatic nitrogens is 1. The zero-order valence-electron chi connectivity index (χ0n) is 17.6. The number of amides is 2. The summed E-state index contributed by atoms with van der Waals surface area (Å²) in [6.07, 6.45) is -4.54. The first-order chi connectivity index (χ1) is 14.9. The number of hydrogen-bond donors (Lipinski definition) is 3. The highest BCUT2D eigenvalue weighted by molar-refractivity contribution is 5.88. The van der Waals surface area contributed by atoms with E-state index in [0.717, 1.165) is 12.1 Å². The van der Waals surface area contributed by atoms with Crippen LogP contribution in [-0.4, -0.2) is 34.7 Å². The minimum Gasteiger partial charge on any atom is -0.490 e. The molecule has 0 aliphatic rings. The molecule has 0 fully saturated rings. The Morgan fingerprint density at radius 1 is 1.19 bits per heavy atom. The monoisotopic (exact) mass is 457 g/mol. The molecule has 0 radical (unpaired) electrons. The summed E-state index contributed by atoms with van der Waals surface area (Å²) in [4.78, 5) is 25.7. The molecule has 2 aromatic rings. The minimum absolute atomic E-state index is 0.0662. The lowest BCUT2D eigenvalue weighted by Gasteiger charge is -2.20. The summed E-state index contributed by atoms with van der Waals surface area (Å²) in [5, 5.41) is 13.4. The molecule has 2 unspecified atom stereocenters. The van der Waals surface area contributed by atoms with E-state index in [1.54, 1.807) is 13.8 Å². The van der Waals surface area contributed by atoms with Crippen LogP contribution in [0.25, 0.3) is 11.1 Å². The van der Waals surface area contributed by atoms with Crippen molar-refractivity contribution in [3.05, 3.63) is 41.8 Å². The standard InChI is InChI=1S/C21H23F4N3O4/c1-11(6-12(2)27-20(30)31)10-32-19-16(21(23,24)25)7-15(8-17(19)22)14-4-5-26-18(9-14)28-13(3)29/h4-5,7-9,11-12,27H,6,10H2,1-3H3,(H,30,31)(H,26,28,29). The van der Waals surface area contributed by atoms with E-state index in [0.29, 0.717) is 0 Å². The molecule has 2 atom stereocenters. The first kappa shape index (κ1) is 24.9. The average Bonchev–Trinajstić information content (AvgIpc) is 2.64. The molecule has 11 heteroatoms. The van der Waals surface area contributed by atoms with Gasteiger partial charge < -0.3 is 20.5 Å². The summed E-state index contributed by atoms with van der Waals surface area (Å²) in [6, 6.07) is 3.95. The summed E-state index contributed by atoms with van der Waals surface area (Å²) < 4.78 is 60.9. The SMILES string of the molecule is CC(=O)Nc1cc(-c2cc(F)c(OCC(C)CC(C)NC(=O)O)c(C(F)(F)F)c2)ccn1. The van der Waals surface area contributed by atoms with Crippen LogP contribution in [0.2, 0.25) is 0 Å².